The fourth-order valence-corrected chi connectivity index (χ4v) is 7.13. The van der Waals surface area contributed by atoms with E-state index in [1.807, 2.05) is 42.5 Å². The van der Waals surface area contributed by atoms with Gasteiger partial charge in [0.25, 0.3) is 15.9 Å². The fraction of sp³-hybridized carbons (Fsp3) is 0.167. The van der Waals surface area contributed by atoms with Crippen LogP contribution in [0.5, 0.6) is 5.75 Å². The number of carboxylic acids is 1. The van der Waals surface area contributed by atoms with Crippen molar-refractivity contribution in [3.8, 4) is 5.75 Å². The summed E-state index contributed by atoms with van der Waals surface area (Å²) in [6.45, 7) is -0.895. The number of benzene rings is 3. The molecule has 1 N–H and O–H groups in total. The maximum atomic E-state index is 14.1. The fourth-order valence-electron chi connectivity index (χ4n) is 4.13. The van der Waals surface area contributed by atoms with E-state index in [1.165, 1.54) is 22.5 Å². The van der Waals surface area contributed by atoms with Crippen molar-refractivity contribution < 1.29 is 27.9 Å². The Labute approximate surface area is 200 Å². The third kappa shape index (κ3) is 3.88. The van der Waals surface area contributed by atoms with Gasteiger partial charge in [0.15, 0.2) is 6.61 Å². The first kappa shape index (κ1) is 22.3. The van der Waals surface area contributed by atoms with Crippen molar-refractivity contribution in [2.24, 2.45) is 0 Å². The van der Waals surface area contributed by atoms with E-state index in [-0.39, 0.29) is 22.9 Å². The van der Waals surface area contributed by atoms with Gasteiger partial charge < -0.3 is 9.84 Å². The van der Waals surface area contributed by atoms with Gasteiger partial charge in [-0.1, -0.05) is 42.5 Å². The number of hydrogen-bond donors (Lipinski definition) is 1. The minimum atomic E-state index is -4.10. The second kappa shape index (κ2) is 8.69. The van der Waals surface area contributed by atoms with Crippen LogP contribution in [0.1, 0.15) is 11.6 Å². The molecule has 0 bridgehead atoms. The molecule has 3 aromatic rings. The number of carbonyl (C=O) groups is 2. The molecule has 1 atom stereocenters. The summed E-state index contributed by atoms with van der Waals surface area (Å²) in [7, 11) is -4.10. The normalized spacial score (nSPS) is 17.5. The first-order chi connectivity index (χ1) is 16.4. The SMILES string of the molecule is O=C(O)CN1C(=O)COc2ccc(S(=O)(=O)N3c4ccccc4SCC3c3ccccc3)cc21. The number of amides is 1. The molecular formula is C24H20N2O6S2. The molecule has 1 unspecified atom stereocenters. The molecule has 0 aliphatic carbocycles. The summed E-state index contributed by atoms with van der Waals surface area (Å²) in [5.41, 5.74) is 1.55. The van der Waals surface area contributed by atoms with Crippen LogP contribution in [0.15, 0.2) is 82.6 Å². The monoisotopic (exact) mass is 496 g/mol. The van der Waals surface area contributed by atoms with Crippen molar-refractivity contribution >= 4 is 45.0 Å². The van der Waals surface area contributed by atoms with Gasteiger partial charge in [-0.25, -0.2) is 8.42 Å². The van der Waals surface area contributed by atoms with E-state index in [9.17, 15) is 23.1 Å². The van der Waals surface area contributed by atoms with Crippen molar-refractivity contribution in [1.82, 2.24) is 0 Å². The van der Waals surface area contributed by atoms with E-state index in [0.29, 0.717) is 11.4 Å². The molecule has 3 aromatic carbocycles. The summed E-state index contributed by atoms with van der Waals surface area (Å²) in [5, 5.41) is 9.25. The van der Waals surface area contributed by atoms with Crippen molar-refractivity contribution in [1.29, 1.82) is 0 Å². The van der Waals surface area contributed by atoms with Crippen molar-refractivity contribution in [2.45, 2.75) is 15.8 Å². The number of hydrogen-bond acceptors (Lipinski definition) is 6. The molecule has 0 aromatic heterocycles. The number of carbonyl (C=O) groups excluding carboxylic acids is 1. The summed E-state index contributed by atoms with van der Waals surface area (Å²) in [4.78, 5) is 25.5. The van der Waals surface area contributed by atoms with E-state index < -0.39 is 34.5 Å². The average molecular weight is 497 g/mol. The molecule has 2 aliphatic heterocycles. The second-order valence-corrected chi connectivity index (χ2v) is 10.7. The minimum Gasteiger partial charge on any atom is -0.482 e. The van der Waals surface area contributed by atoms with E-state index in [0.717, 1.165) is 15.4 Å². The van der Waals surface area contributed by atoms with Crippen molar-refractivity contribution in [3.05, 3.63) is 78.4 Å². The Kier molecular flexibility index (Phi) is 5.70. The van der Waals surface area contributed by atoms with E-state index in [2.05, 4.69) is 0 Å². The molecule has 8 nitrogen and oxygen atoms in total. The Bertz CT molecular complexity index is 1380. The number of fused-ring (bicyclic) bond motifs is 2. The molecule has 0 fully saturated rings. The summed E-state index contributed by atoms with van der Waals surface area (Å²) < 4.78 is 35.0. The number of nitrogens with zero attached hydrogens (tertiary/aromatic N) is 2. The molecule has 174 valence electrons. The number of carboxylic acid groups (broad SMARTS) is 1. The standard InChI is InChI=1S/C24H20N2O6S2/c27-23-14-32-21-11-10-17(12-19(21)25(23)13-24(28)29)34(30,31)26-18-8-4-5-9-22(18)33-15-20(26)16-6-2-1-3-7-16/h1-12,20H,13-15H2,(H,28,29). The summed E-state index contributed by atoms with van der Waals surface area (Å²) in [5.74, 6) is -0.973. The molecule has 2 aliphatic rings. The summed E-state index contributed by atoms with van der Waals surface area (Å²) in [6, 6.07) is 20.5. The van der Waals surface area contributed by atoms with Gasteiger partial charge in [0.2, 0.25) is 0 Å². The van der Waals surface area contributed by atoms with Crippen LogP contribution in [0, 0.1) is 0 Å². The van der Waals surface area contributed by atoms with Crippen LogP contribution in [0.4, 0.5) is 11.4 Å². The highest BCUT2D eigenvalue weighted by Gasteiger charge is 2.38. The van der Waals surface area contributed by atoms with Crippen LogP contribution in [-0.2, 0) is 19.6 Å². The lowest BCUT2D eigenvalue weighted by atomic mass is 10.1. The van der Waals surface area contributed by atoms with Crippen LogP contribution in [0.2, 0.25) is 0 Å². The Balaban J connectivity index is 1.64. The van der Waals surface area contributed by atoms with Gasteiger partial charge in [-0.05, 0) is 35.9 Å². The highest BCUT2D eigenvalue weighted by molar-refractivity contribution is 8.00. The van der Waals surface area contributed by atoms with Crippen LogP contribution in [0.3, 0.4) is 0 Å². The Morgan fingerprint density at radius 3 is 2.53 bits per heavy atom. The van der Waals surface area contributed by atoms with E-state index >= 15 is 0 Å². The highest BCUT2D eigenvalue weighted by atomic mass is 32.2. The number of anilines is 2. The van der Waals surface area contributed by atoms with E-state index in [4.69, 9.17) is 4.74 Å². The van der Waals surface area contributed by atoms with Crippen LogP contribution < -0.4 is 13.9 Å². The molecule has 5 rings (SSSR count). The Morgan fingerprint density at radius 1 is 1.03 bits per heavy atom. The van der Waals surface area contributed by atoms with Gasteiger partial charge in [-0.3, -0.25) is 18.8 Å². The van der Waals surface area contributed by atoms with Gasteiger partial charge in [0.05, 0.1) is 22.3 Å². The maximum absolute atomic E-state index is 14.1. The van der Waals surface area contributed by atoms with E-state index in [1.54, 1.807) is 23.9 Å². The predicted octanol–water partition coefficient (Wildman–Crippen LogP) is 3.54. The van der Waals surface area contributed by atoms with Crippen molar-refractivity contribution in [2.75, 3.05) is 28.1 Å². The molecule has 0 spiro atoms. The summed E-state index contributed by atoms with van der Waals surface area (Å²) >= 11 is 1.59. The van der Waals surface area contributed by atoms with Crippen molar-refractivity contribution in [3.63, 3.8) is 0 Å². The second-order valence-electron chi connectivity index (χ2n) is 7.80. The average Bonchev–Trinajstić information content (AvgIpc) is 2.85. The van der Waals surface area contributed by atoms with Gasteiger partial charge in [-0.2, -0.15) is 0 Å². The lowest BCUT2D eigenvalue weighted by Crippen LogP contribution is -2.42. The zero-order valence-electron chi connectivity index (χ0n) is 17.8. The molecular weight excluding hydrogens is 476 g/mol. The smallest absolute Gasteiger partial charge is 0.323 e. The molecule has 34 heavy (non-hydrogen) atoms. The van der Waals surface area contributed by atoms with Crippen LogP contribution >= 0.6 is 11.8 Å². The zero-order valence-corrected chi connectivity index (χ0v) is 19.5. The molecule has 0 radical (unpaired) electrons. The minimum absolute atomic E-state index is 0.0532. The van der Waals surface area contributed by atoms with Gasteiger partial charge in [-0.15, -0.1) is 11.8 Å². The largest absolute Gasteiger partial charge is 0.482 e. The first-order valence-electron chi connectivity index (χ1n) is 10.5. The number of sulfonamides is 1. The predicted molar refractivity (Wildman–Crippen MR) is 128 cm³/mol. The quantitative estimate of drug-likeness (QED) is 0.576. The molecule has 2 heterocycles. The number of aliphatic carboxylic acids is 1. The topological polar surface area (TPSA) is 104 Å². The third-order valence-corrected chi connectivity index (χ3v) is 8.65. The zero-order chi connectivity index (χ0) is 23.9. The van der Waals surface area contributed by atoms with Gasteiger partial charge in [0.1, 0.15) is 12.3 Å². The molecule has 10 heteroatoms. The van der Waals surface area contributed by atoms with Gasteiger partial charge >= 0.3 is 5.97 Å². The molecule has 0 saturated heterocycles. The van der Waals surface area contributed by atoms with Crippen LogP contribution in [0.25, 0.3) is 0 Å². The molecule has 0 saturated carbocycles. The Morgan fingerprint density at radius 2 is 1.76 bits per heavy atom. The lowest BCUT2D eigenvalue weighted by molar-refractivity contribution is -0.137. The number of rotatable bonds is 5. The molecule has 1 amide bonds. The Hall–Kier alpha value is -3.50. The number of ether oxygens (including phenoxy) is 1. The summed E-state index contributed by atoms with van der Waals surface area (Å²) in [6.07, 6.45) is 0. The third-order valence-electron chi connectivity index (χ3n) is 5.69. The first-order valence-corrected chi connectivity index (χ1v) is 12.9. The lowest BCUT2D eigenvalue weighted by Gasteiger charge is -2.38. The highest BCUT2D eigenvalue weighted by Crippen LogP contribution is 2.46. The van der Waals surface area contributed by atoms with Crippen LogP contribution in [-0.4, -0.2) is 44.3 Å². The maximum Gasteiger partial charge on any atom is 0.323 e. The number of thioether (sulfide) groups is 1. The number of para-hydroxylation sites is 1. The van der Waals surface area contributed by atoms with Gasteiger partial charge in [0, 0.05) is 10.6 Å².